The predicted molar refractivity (Wildman–Crippen MR) is 66.2 cm³/mol. The van der Waals surface area contributed by atoms with Crippen LogP contribution < -0.4 is 5.32 Å². The highest BCUT2D eigenvalue weighted by atomic mass is 35.5. The fourth-order valence-electron chi connectivity index (χ4n) is 1.64. The minimum absolute atomic E-state index is 0.0915. The van der Waals surface area contributed by atoms with Gasteiger partial charge in [0.15, 0.2) is 0 Å². The molecule has 0 bridgehead atoms. The van der Waals surface area contributed by atoms with Crippen molar-refractivity contribution >= 4 is 35.1 Å². The Kier molecular flexibility index (Phi) is 3.75. The van der Waals surface area contributed by atoms with Crippen LogP contribution in [0.4, 0.5) is 4.79 Å². The molecule has 1 atom stereocenters. The summed E-state index contributed by atoms with van der Waals surface area (Å²) in [5, 5.41) is 12.2. The molecule has 1 heterocycles. The van der Waals surface area contributed by atoms with Crippen molar-refractivity contribution in [3.63, 3.8) is 0 Å². The van der Waals surface area contributed by atoms with Gasteiger partial charge in [-0.15, -0.1) is 0 Å². The van der Waals surface area contributed by atoms with Gasteiger partial charge >= 0.3 is 6.03 Å². The Morgan fingerprint density at radius 1 is 1.33 bits per heavy atom. The van der Waals surface area contributed by atoms with Crippen LogP contribution in [0, 0.1) is 0 Å². The van der Waals surface area contributed by atoms with Crippen molar-refractivity contribution in [2.75, 3.05) is 0 Å². The van der Waals surface area contributed by atoms with Crippen LogP contribution in [0.2, 0.25) is 10.0 Å². The Labute approximate surface area is 113 Å². The number of carbonyl (C=O) groups is 2. The molecule has 1 aromatic rings. The summed E-state index contributed by atoms with van der Waals surface area (Å²) >= 11 is 11.6. The number of hydrogen-bond acceptors (Lipinski definition) is 3. The lowest BCUT2D eigenvalue weighted by atomic mass is 10.2. The van der Waals surface area contributed by atoms with E-state index < -0.39 is 18.2 Å². The van der Waals surface area contributed by atoms with Crippen LogP contribution in [-0.4, -0.2) is 28.2 Å². The summed E-state index contributed by atoms with van der Waals surface area (Å²) in [6.45, 7) is 0.0915. The molecular formula is C11H10Cl2N2O3. The molecular weight excluding hydrogens is 279 g/mol. The van der Waals surface area contributed by atoms with Crippen LogP contribution in [0.15, 0.2) is 18.2 Å². The van der Waals surface area contributed by atoms with E-state index in [4.69, 9.17) is 23.2 Å². The molecule has 3 amide bonds. The number of aliphatic hydroxyl groups excluding tert-OH is 1. The summed E-state index contributed by atoms with van der Waals surface area (Å²) in [6, 6.07) is 4.25. The third-order valence-corrected chi connectivity index (χ3v) is 3.27. The molecule has 1 saturated heterocycles. The maximum absolute atomic E-state index is 11.6. The van der Waals surface area contributed by atoms with Crippen LogP contribution in [0.25, 0.3) is 0 Å². The second kappa shape index (κ2) is 5.14. The van der Waals surface area contributed by atoms with Crippen molar-refractivity contribution in [3.05, 3.63) is 33.8 Å². The highest BCUT2D eigenvalue weighted by Gasteiger charge is 2.30. The molecule has 1 unspecified atom stereocenters. The van der Waals surface area contributed by atoms with Crippen molar-refractivity contribution in [1.82, 2.24) is 10.2 Å². The first-order valence-electron chi connectivity index (χ1n) is 5.20. The zero-order valence-corrected chi connectivity index (χ0v) is 10.7. The number of benzene rings is 1. The van der Waals surface area contributed by atoms with Crippen LogP contribution in [0.3, 0.4) is 0 Å². The Hall–Kier alpha value is -1.30. The van der Waals surface area contributed by atoms with Gasteiger partial charge in [-0.05, 0) is 17.7 Å². The maximum atomic E-state index is 11.6. The molecule has 0 saturated carbocycles. The Morgan fingerprint density at radius 2 is 2.06 bits per heavy atom. The summed E-state index contributed by atoms with van der Waals surface area (Å²) < 4.78 is 0. The summed E-state index contributed by atoms with van der Waals surface area (Å²) in [4.78, 5) is 24.2. The molecule has 1 aromatic carbocycles. The molecule has 2 rings (SSSR count). The molecule has 1 fully saturated rings. The number of nitrogens with zero attached hydrogens (tertiary/aromatic N) is 1. The van der Waals surface area contributed by atoms with Crippen molar-refractivity contribution in [2.45, 2.75) is 19.2 Å². The summed E-state index contributed by atoms with van der Waals surface area (Å²) in [5.74, 6) is -0.433. The average molecular weight is 289 g/mol. The Morgan fingerprint density at radius 3 is 2.67 bits per heavy atom. The molecule has 5 nitrogen and oxygen atoms in total. The number of nitrogens with one attached hydrogen (secondary N) is 1. The molecule has 0 radical (unpaired) electrons. The van der Waals surface area contributed by atoms with E-state index >= 15 is 0 Å². The largest absolute Gasteiger partial charge is 0.373 e. The summed E-state index contributed by atoms with van der Waals surface area (Å²) in [5.41, 5.74) is 0.685. The van der Waals surface area contributed by atoms with E-state index in [1.54, 1.807) is 18.2 Å². The monoisotopic (exact) mass is 288 g/mol. The normalized spacial score (nSPS) is 19.9. The van der Waals surface area contributed by atoms with E-state index in [2.05, 4.69) is 5.32 Å². The number of halogens is 2. The third-order valence-electron chi connectivity index (χ3n) is 2.53. The lowest BCUT2D eigenvalue weighted by Crippen LogP contribution is -2.54. The number of hydrogen-bond donors (Lipinski definition) is 2. The minimum atomic E-state index is -1.12. The van der Waals surface area contributed by atoms with Crippen LogP contribution in [0.1, 0.15) is 12.0 Å². The first-order valence-corrected chi connectivity index (χ1v) is 5.96. The molecule has 2 N–H and O–H groups in total. The van der Waals surface area contributed by atoms with E-state index in [1.807, 2.05) is 0 Å². The molecule has 96 valence electrons. The van der Waals surface area contributed by atoms with Gasteiger partial charge in [-0.25, -0.2) is 4.79 Å². The second-order valence-corrected chi connectivity index (χ2v) is 4.71. The molecule has 7 heteroatoms. The average Bonchev–Trinajstić information content (AvgIpc) is 2.28. The lowest BCUT2D eigenvalue weighted by molar-refractivity contribution is -0.133. The Balaban J connectivity index is 2.15. The standard InChI is InChI=1S/C11H10Cl2N2O3/c12-7-2-1-6(3-8(7)13)5-15-10(17)4-9(16)14-11(15)18/h1-3,9,16H,4-5H2,(H,14,18). The van der Waals surface area contributed by atoms with Crippen molar-refractivity contribution in [1.29, 1.82) is 0 Å². The number of carbonyl (C=O) groups excluding carboxylic acids is 2. The fourth-order valence-corrected chi connectivity index (χ4v) is 1.96. The quantitative estimate of drug-likeness (QED) is 0.871. The highest BCUT2D eigenvalue weighted by Crippen LogP contribution is 2.23. The van der Waals surface area contributed by atoms with Gasteiger partial charge in [0.2, 0.25) is 5.91 Å². The maximum Gasteiger partial charge on any atom is 0.326 e. The van der Waals surface area contributed by atoms with Gasteiger partial charge in [0.25, 0.3) is 0 Å². The third kappa shape index (κ3) is 2.75. The van der Waals surface area contributed by atoms with Crippen molar-refractivity contribution in [2.24, 2.45) is 0 Å². The van der Waals surface area contributed by atoms with Gasteiger partial charge in [-0.2, -0.15) is 0 Å². The Bertz CT molecular complexity index is 489. The number of aliphatic hydroxyl groups is 1. The fraction of sp³-hybridized carbons (Fsp3) is 0.273. The second-order valence-electron chi connectivity index (χ2n) is 3.90. The van der Waals surface area contributed by atoms with Gasteiger partial charge in [0, 0.05) is 0 Å². The number of imide groups is 1. The minimum Gasteiger partial charge on any atom is -0.373 e. The molecule has 0 spiro atoms. The molecule has 1 aliphatic rings. The molecule has 18 heavy (non-hydrogen) atoms. The lowest BCUT2D eigenvalue weighted by Gasteiger charge is -2.28. The van der Waals surface area contributed by atoms with Crippen LogP contribution >= 0.6 is 23.2 Å². The van der Waals surface area contributed by atoms with Gasteiger partial charge in [-0.3, -0.25) is 9.69 Å². The number of rotatable bonds is 2. The van der Waals surface area contributed by atoms with Gasteiger partial charge in [0.05, 0.1) is 23.0 Å². The van der Waals surface area contributed by atoms with Crippen molar-refractivity contribution < 1.29 is 14.7 Å². The smallest absolute Gasteiger partial charge is 0.326 e. The summed E-state index contributed by atoms with van der Waals surface area (Å²) in [7, 11) is 0. The predicted octanol–water partition coefficient (Wildman–Crippen LogP) is 1.75. The zero-order chi connectivity index (χ0) is 13.3. The van der Waals surface area contributed by atoms with E-state index in [1.165, 1.54) is 0 Å². The van der Waals surface area contributed by atoms with Gasteiger partial charge in [0.1, 0.15) is 6.23 Å². The van der Waals surface area contributed by atoms with Crippen LogP contribution in [0.5, 0.6) is 0 Å². The van der Waals surface area contributed by atoms with E-state index in [-0.39, 0.29) is 13.0 Å². The van der Waals surface area contributed by atoms with Crippen molar-refractivity contribution in [3.8, 4) is 0 Å². The zero-order valence-electron chi connectivity index (χ0n) is 9.19. The van der Waals surface area contributed by atoms with E-state index in [0.29, 0.717) is 15.6 Å². The topological polar surface area (TPSA) is 69.6 Å². The van der Waals surface area contributed by atoms with E-state index in [0.717, 1.165) is 4.90 Å². The van der Waals surface area contributed by atoms with Gasteiger partial charge in [-0.1, -0.05) is 29.3 Å². The number of amides is 3. The van der Waals surface area contributed by atoms with Gasteiger partial charge < -0.3 is 10.4 Å². The SMILES string of the molecule is O=C1CC(O)NC(=O)N1Cc1ccc(Cl)c(Cl)c1. The van der Waals surface area contributed by atoms with Crippen LogP contribution in [-0.2, 0) is 11.3 Å². The highest BCUT2D eigenvalue weighted by molar-refractivity contribution is 6.42. The molecule has 1 aliphatic heterocycles. The molecule has 0 aliphatic carbocycles. The first kappa shape index (κ1) is 13.1. The van der Waals surface area contributed by atoms with E-state index in [9.17, 15) is 14.7 Å². The molecule has 0 aromatic heterocycles. The first-order chi connectivity index (χ1) is 8.47. The summed E-state index contributed by atoms with van der Waals surface area (Å²) in [6.07, 6.45) is -1.25. The number of urea groups is 1.